The van der Waals surface area contributed by atoms with E-state index in [-0.39, 0.29) is 6.04 Å². The molecule has 13 heavy (non-hydrogen) atoms. The van der Waals surface area contributed by atoms with Crippen LogP contribution in [0.5, 0.6) is 0 Å². The van der Waals surface area contributed by atoms with Gasteiger partial charge in [0, 0.05) is 19.1 Å². The van der Waals surface area contributed by atoms with E-state index in [2.05, 4.69) is 5.32 Å². The molecule has 1 atom stereocenters. The first-order valence-corrected chi connectivity index (χ1v) is 4.56. The first-order chi connectivity index (χ1) is 6.24. The minimum atomic E-state index is -0.0312. The van der Waals surface area contributed by atoms with Gasteiger partial charge in [0.2, 0.25) is 0 Å². The van der Waals surface area contributed by atoms with Crippen LogP contribution >= 0.6 is 11.6 Å². The Kier molecular flexibility index (Phi) is 4.02. The lowest BCUT2D eigenvalue weighted by molar-refractivity contribution is 0.713. The zero-order valence-corrected chi connectivity index (χ0v) is 8.09. The number of nitrogens with two attached hydrogens (primary N) is 2. The van der Waals surface area contributed by atoms with E-state index in [0.717, 1.165) is 5.69 Å². The Morgan fingerprint density at radius 2 is 2.08 bits per heavy atom. The molecule has 1 unspecified atom stereocenters. The van der Waals surface area contributed by atoms with E-state index < -0.39 is 0 Å². The van der Waals surface area contributed by atoms with Gasteiger partial charge in [0.15, 0.2) is 0 Å². The number of hydrogen-bond acceptors (Lipinski definition) is 3. The lowest BCUT2D eigenvalue weighted by atomic mass is 10.3. The van der Waals surface area contributed by atoms with Crippen LogP contribution in [0.2, 0.25) is 5.02 Å². The SMILES string of the molecule is NCC(N)CNc1ccccc1Cl. The first-order valence-electron chi connectivity index (χ1n) is 4.18. The molecule has 0 saturated heterocycles. The van der Waals surface area contributed by atoms with E-state index in [1.807, 2.05) is 24.3 Å². The molecule has 0 amide bonds. The summed E-state index contributed by atoms with van der Waals surface area (Å²) in [5, 5.41) is 3.83. The van der Waals surface area contributed by atoms with E-state index in [1.165, 1.54) is 0 Å². The lowest BCUT2D eigenvalue weighted by Crippen LogP contribution is -2.36. The van der Waals surface area contributed by atoms with Crippen molar-refractivity contribution in [1.29, 1.82) is 0 Å². The quantitative estimate of drug-likeness (QED) is 0.679. The predicted octanol–water partition coefficient (Wildman–Crippen LogP) is 1.04. The molecule has 0 aliphatic rings. The normalized spacial score (nSPS) is 12.5. The molecule has 0 saturated carbocycles. The zero-order chi connectivity index (χ0) is 9.68. The maximum absolute atomic E-state index is 5.92. The third kappa shape index (κ3) is 3.22. The first kappa shape index (κ1) is 10.3. The van der Waals surface area contributed by atoms with Gasteiger partial charge >= 0.3 is 0 Å². The van der Waals surface area contributed by atoms with Gasteiger partial charge in [-0.1, -0.05) is 23.7 Å². The van der Waals surface area contributed by atoms with Gasteiger partial charge < -0.3 is 16.8 Å². The summed E-state index contributed by atoms with van der Waals surface area (Å²) in [5.41, 5.74) is 11.9. The molecule has 1 aromatic carbocycles. The van der Waals surface area contributed by atoms with Crippen molar-refractivity contribution >= 4 is 17.3 Å². The second kappa shape index (κ2) is 5.07. The van der Waals surface area contributed by atoms with Crippen LogP contribution in [0.15, 0.2) is 24.3 Å². The second-order valence-corrected chi connectivity index (χ2v) is 3.26. The fourth-order valence-corrected chi connectivity index (χ4v) is 1.13. The zero-order valence-electron chi connectivity index (χ0n) is 7.33. The highest BCUT2D eigenvalue weighted by Crippen LogP contribution is 2.19. The Morgan fingerprint density at radius 1 is 1.38 bits per heavy atom. The highest BCUT2D eigenvalue weighted by Gasteiger charge is 2.00. The van der Waals surface area contributed by atoms with E-state index >= 15 is 0 Å². The largest absolute Gasteiger partial charge is 0.382 e. The Labute approximate surface area is 83.1 Å². The van der Waals surface area contributed by atoms with Gasteiger partial charge in [-0.25, -0.2) is 0 Å². The number of para-hydroxylation sites is 1. The fourth-order valence-electron chi connectivity index (χ4n) is 0.929. The summed E-state index contributed by atoms with van der Waals surface area (Å²) in [5.74, 6) is 0. The minimum Gasteiger partial charge on any atom is -0.382 e. The van der Waals surface area contributed by atoms with E-state index in [0.29, 0.717) is 18.1 Å². The molecule has 72 valence electrons. The van der Waals surface area contributed by atoms with Crippen molar-refractivity contribution in [2.75, 3.05) is 18.4 Å². The second-order valence-electron chi connectivity index (χ2n) is 2.86. The summed E-state index contributed by atoms with van der Waals surface area (Å²) >= 11 is 5.92. The van der Waals surface area contributed by atoms with Gasteiger partial charge in [0.25, 0.3) is 0 Å². The summed E-state index contributed by atoms with van der Waals surface area (Å²) < 4.78 is 0. The minimum absolute atomic E-state index is 0.0312. The topological polar surface area (TPSA) is 64.1 Å². The molecule has 0 aliphatic carbocycles. The van der Waals surface area contributed by atoms with Crippen LogP contribution in [-0.4, -0.2) is 19.1 Å². The van der Waals surface area contributed by atoms with Crippen LogP contribution in [0.4, 0.5) is 5.69 Å². The van der Waals surface area contributed by atoms with E-state index in [9.17, 15) is 0 Å². The number of halogens is 1. The number of nitrogens with one attached hydrogen (secondary N) is 1. The summed E-state index contributed by atoms with van der Waals surface area (Å²) in [4.78, 5) is 0. The Morgan fingerprint density at radius 3 is 2.69 bits per heavy atom. The van der Waals surface area contributed by atoms with Crippen LogP contribution < -0.4 is 16.8 Å². The molecule has 0 spiro atoms. The number of anilines is 1. The third-order valence-corrected chi connectivity index (χ3v) is 2.06. The van der Waals surface area contributed by atoms with Gasteiger partial charge in [-0.2, -0.15) is 0 Å². The molecule has 5 N–H and O–H groups in total. The molecule has 3 nitrogen and oxygen atoms in total. The average molecular weight is 200 g/mol. The molecule has 0 radical (unpaired) electrons. The molecular formula is C9H14ClN3. The van der Waals surface area contributed by atoms with Crippen LogP contribution in [-0.2, 0) is 0 Å². The summed E-state index contributed by atoms with van der Waals surface area (Å²) in [6, 6.07) is 7.51. The highest BCUT2D eigenvalue weighted by molar-refractivity contribution is 6.33. The maximum atomic E-state index is 5.92. The van der Waals surface area contributed by atoms with Gasteiger partial charge in [-0.05, 0) is 12.1 Å². The number of hydrogen-bond donors (Lipinski definition) is 3. The molecule has 0 heterocycles. The van der Waals surface area contributed by atoms with Gasteiger partial charge in [-0.3, -0.25) is 0 Å². The molecule has 0 aliphatic heterocycles. The summed E-state index contributed by atoms with van der Waals surface area (Å²) in [7, 11) is 0. The van der Waals surface area contributed by atoms with Gasteiger partial charge in [0.1, 0.15) is 0 Å². The Balaban J connectivity index is 2.50. The van der Waals surface area contributed by atoms with Gasteiger partial charge in [-0.15, -0.1) is 0 Å². The fraction of sp³-hybridized carbons (Fsp3) is 0.333. The van der Waals surface area contributed by atoms with E-state index in [4.69, 9.17) is 23.1 Å². The molecular weight excluding hydrogens is 186 g/mol. The lowest BCUT2D eigenvalue weighted by Gasteiger charge is -2.12. The standard InChI is InChI=1S/C9H14ClN3/c10-8-3-1-2-4-9(8)13-6-7(12)5-11/h1-4,7,13H,5-6,11-12H2. The van der Waals surface area contributed by atoms with Crippen molar-refractivity contribution in [1.82, 2.24) is 0 Å². The van der Waals surface area contributed by atoms with Crippen LogP contribution in [0, 0.1) is 0 Å². The van der Waals surface area contributed by atoms with E-state index in [1.54, 1.807) is 0 Å². The average Bonchev–Trinajstić information content (AvgIpc) is 2.16. The van der Waals surface area contributed by atoms with Crippen LogP contribution in [0.25, 0.3) is 0 Å². The third-order valence-electron chi connectivity index (χ3n) is 1.73. The summed E-state index contributed by atoms with van der Waals surface area (Å²) in [6.07, 6.45) is 0. The Bertz CT molecular complexity index is 265. The monoisotopic (exact) mass is 199 g/mol. The molecule has 0 bridgehead atoms. The van der Waals surface area contributed by atoms with Gasteiger partial charge in [0.05, 0.1) is 10.7 Å². The molecule has 1 aromatic rings. The van der Waals surface area contributed by atoms with Crippen molar-refractivity contribution in [3.8, 4) is 0 Å². The molecule has 4 heteroatoms. The number of benzene rings is 1. The predicted molar refractivity (Wildman–Crippen MR) is 57.0 cm³/mol. The maximum Gasteiger partial charge on any atom is 0.0637 e. The van der Waals surface area contributed by atoms with Crippen molar-refractivity contribution in [3.05, 3.63) is 29.3 Å². The molecule has 0 aromatic heterocycles. The smallest absolute Gasteiger partial charge is 0.0637 e. The number of rotatable bonds is 4. The highest BCUT2D eigenvalue weighted by atomic mass is 35.5. The van der Waals surface area contributed by atoms with Crippen molar-refractivity contribution < 1.29 is 0 Å². The van der Waals surface area contributed by atoms with Crippen LogP contribution in [0.1, 0.15) is 0 Å². The van der Waals surface area contributed by atoms with Crippen molar-refractivity contribution in [2.24, 2.45) is 11.5 Å². The van der Waals surface area contributed by atoms with Crippen LogP contribution in [0.3, 0.4) is 0 Å². The van der Waals surface area contributed by atoms with Crippen molar-refractivity contribution in [3.63, 3.8) is 0 Å². The van der Waals surface area contributed by atoms with Crippen molar-refractivity contribution in [2.45, 2.75) is 6.04 Å². The Hall–Kier alpha value is -0.770. The summed E-state index contributed by atoms with van der Waals surface area (Å²) in [6.45, 7) is 1.11. The molecule has 1 rings (SSSR count). The molecule has 0 fully saturated rings.